The van der Waals surface area contributed by atoms with Crippen molar-refractivity contribution in [1.82, 2.24) is 25.1 Å². The molecule has 2 aromatic heterocycles. The molecule has 1 saturated carbocycles. The number of aromatic amines is 1. The van der Waals surface area contributed by atoms with Crippen LogP contribution in [0.2, 0.25) is 0 Å². The van der Waals surface area contributed by atoms with Gasteiger partial charge in [-0.05, 0) is 24.0 Å². The molecule has 1 N–H and O–H groups in total. The van der Waals surface area contributed by atoms with Crippen LogP contribution in [0.4, 0.5) is 0 Å². The van der Waals surface area contributed by atoms with Crippen molar-refractivity contribution in [1.29, 1.82) is 0 Å². The molecule has 3 heterocycles. The molecule has 7 nitrogen and oxygen atoms in total. The van der Waals surface area contributed by atoms with Crippen LogP contribution in [0.15, 0.2) is 24.5 Å². The number of pyridine rings is 1. The van der Waals surface area contributed by atoms with E-state index in [0.717, 1.165) is 17.8 Å². The van der Waals surface area contributed by atoms with E-state index in [1.165, 1.54) is 0 Å². The maximum absolute atomic E-state index is 12.8. The Morgan fingerprint density at radius 1 is 1.44 bits per heavy atom. The Morgan fingerprint density at radius 2 is 2.32 bits per heavy atom. The highest BCUT2D eigenvalue weighted by molar-refractivity contribution is 5.83. The molecule has 1 saturated heterocycles. The third-order valence-electron chi connectivity index (χ3n) is 4.94. The van der Waals surface area contributed by atoms with E-state index >= 15 is 0 Å². The zero-order valence-electron chi connectivity index (χ0n) is 14.6. The van der Waals surface area contributed by atoms with Gasteiger partial charge in [0, 0.05) is 30.8 Å². The Morgan fingerprint density at radius 3 is 3.04 bits per heavy atom. The summed E-state index contributed by atoms with van der Waals surface area (Å²) in [5.41, 5.74) is 1.16. The minimum absolute atomic E-state index is 0.0731. The fourth-order valence-electron chi connectivity index (χ4n) is 3.37. The fourth-order valence-corrected chi connectivity index (χ4v) is 3.37. The fraction of sp³-hybridized carbons (Fsp3) is 0.556. The molecular formula is C18H23N5O2. The Hall–Kier alpha value is -2.28. The number of hydrogen-bond donors (Lipinski definition) is 1. The summed E-state index contributed by atoms with van der Waals surface area (Å²) in [5, 5.41) is 7.20. The number of carbonyl (C=O) groups is 1. The van der Waals surface area contributed by atoms with Crippen molar-refractivity contribution in [3.05, 3.63) is 41.7 Å². The SMILES string of the molecule is CC(C)c1n[nH]c(C2CN(C(=O)C3CC3c3cccnc3)CCO2)n1. The van der Waals surface area contributed by atoms with Crippen LogP contribution in [0.3, 0.4) is 0 Å². The van der Waals surface area contributed by atoms with Gasteiger partial charge in [-0.15, -0.1) is 0 Å². The molecule has 3 unspecified atom stereocenters. The molecule has 0 radical (unpaired) electrons. The lowest BCUT2D eigenvalue weighted by Gasteiger charge is -2.32. The van der Waals surface area contributed by atoms with Crippen LogP contribution in [0.1, 0.15) is 55.4 Å². The maximum atomic E-state index is 12.8. The molecule has 3 atom stereocenters. The third-order valence-corrected chi connectivity index (χ3v) is 4.94. The number of H-pyrrole nitrogens is 1. The van der Waals surface area contributed by atoms with Crippen LogP contribution in [-0.4, -0.2) is 50.7 Å². The number of hydrogen-bond acceptors (Lipinski definition) is 5. The van der Waals surface area contributed by atoms with Gasteiger partial charge in [0.1, 0.15) is 6.10 Å². The van der Waals surface area contributed by atoms with E-state index in [4.69, 9.17) is 4.74 Å². The van der Waals surface area contributed by atoms with E-state index in [9.17, 15) is 4.79 Å². The standard InChI is InChI=1S/C18H23N5O2/c1-11(2)16-20-17(22-21-16)15-10-23(6-7-25-15)18(24)14-8-13(14)12-4-3-5-19-9-12/h3-5,9,11,13-15H,6-8,10H2,1-2H3,(H,20,21,22). The highest BCUT2D eigenvalue weighted by atomic mass is 16.5. The molecule has 132 valence electrons. The molecule has 25 heavy (non-hydrogen) atoms. The second-order valence-electron chi connectivity index (χ2n) is 7.11. The van der Waals surface area contributed by atoms with Crippen LogP contribution >= 0.6 is 0 Å². The second-order valence-corrected chi connectivity index (χ2v) is 7.11. The Bertz CT molecular complexity index is 745. The molecule has 7 heteroatoms. The molecule has 0 spiro atoms. The van der Waals surface area contributed by atoms with Gasteiger partial charge in [-0.2, -0.15) is 5.10 Å². The predicted molar refractivity (Wildman–Crippen MR) is 90.8 cm³/mol. The van der Waals surface area contributed by atoms with Gasteiger partial charge < -0.3 is 9.64 Å². The zero-order chi connectivity index (χ0) is 17.4. The lowest BCUT2D eigenvalue weighted by molar-refractivity contribution is -0.140. The van der Waals surface area contributed by atoms with Crippen molar-refractivity contribution in [2.45, 2.75) is 38.2 Å². The summed E-state index contributed by atoms with van der Waals surface area (Å²) >= 11 is 0. The molecule has 1 aliphatic carbocycles. The number of amides is 1. The quantitative estimate of drug-likeness (QED) is 0.920. The molecule has 0 aromatic carbocycles. The van der Waals surface area contributed by atoms with E-state index < -0.39 is 0 Å². The average molecular weight is 341 g/mol. The lowest BCUT2D eigenvalue weighted by Crippen LogP contribution is -2.43. The van der Waals surface area contributed by atoms with Gasteiger partial charge in [0.15, 0.2) is 11.6 Å². The van der Waals surface area contributed by atoms with Crippen molar-refractivity contribution < 1.29 is 9.53 Å². The van der Waals surface area contributed by atoms with Crippen molar-refractivity contribution in [2.24, 2.45) is 5.92 Å². The van der Waals surface area contributed by atoms with E-state index in [1.54, 1.807) is 6.20 Å². The van der Waals surface area contributed by atoms with Gasteiger partial charge in [-0.1, -0.05) is 19.9 Å². The Kier molecular flexibility index (Phi) is 4.25. The highest BCUT2D eigenvalue weighted by Crippen LogP contribution is 2.48. The van der Waals surface area contributed by atoms with Crippen molar-refractivity contribution in [3.8, 4) is 0 Å². The number of ether oxygens (including phenoxy) is 1. The third kappa shape index (κ3) is 3.28. The molecular weight excluding hydrogens is 318 g/mol. The van der Waals surface area contributed by atoms with Gasteiger partial charge in [0.25, 0.3) is 0 Å². The number of rotatable bonds is 4. The smallest absolute Gasteiger partial charge is 0.226 e. The first-order chi connectivity index (χ1) is 12.1. The molecule has 4 rings (SSSR count). The number of nitrogens with zero attached hydrogens (tertiary/aromatic N) is 4. The maximum Gasteiger partial charge on any atom is 0.226 e. The number of nitrogens with one attached hydrogen (secondary N) is 1. The summed E-state index contributed by atoms with van der Waals surface area (Å²) in [7, 11) is 0. The van der Waals surface area contributed by atoms with Crippen LogP contribution in [-0.2, 0) is 9.53 Å². The van der Waals surface area contributed by atoms with Gasteiger partial charge >= 0.3 is 0 Å². The van der Waals surface area contributed by atoms with E-state index in [1.807, 2.05) is 17.2 Å². The highest BCUT2D eigenvalue weighted by Gasteiger charge is 2.46. The first kappa shape index (κ1) is 16.2. The average Bonchev–Trinajstić information content (AvgIpc) is 3.29. The summed E-state index contributed by atoms with van der Waals surface area (Å²) in [6, 6.07) is 3.98. The van der Waals surface area contributed by atoms with Crippen LogP contribution in [0.5, 0.6) is 0 Å². The molecule has 2 aliphatic rings. The number of carbonyl (C=O) groups excluding carboxylic acids is 1. The zero-order valence-corrected chi connectivity index (χ0v) is 14.6. The molecule has 1 amide bonds. The Balaban J connectivity index is 1.40. The summed E-state index contributed by atoms with van der Waals surface area (Å²) in [5.74, 6) is 2.34. The first-order valence-corrected chi connectivity index (χ1v) is 8.86. The topological polar surface area (TPSA) is 84.0 Å². The molecule has 2 aromatic rings. The largest absolute Gasteiger partial charge is 0.367 e. The summed E-state index contributed by atoms with van der Waals surface area (Å²) in [6.07, 6.45) is 4.31. The van der Waals surface area contributed by atoms with Crippen LogP contribution < -0.4 is 0 Å². The van der Waals surface area contributed by atoms with Crippen molar-refractivity contribution in [2.75, 3.05) is 19.7 Å². The number of aromatic nitrogens is 4. The monoisotopic (exact) mass is 341 g/mol. The second kappa shape index (κ2) is 6.55. The molecule has 0 bridgehead atoms. The van der Waals surface area contributed by atoms with Gasteiger partial charge in [0.05, 0.1) is 13.2 Å². The minimum Gasteiger partial charge on any atom is -0.367 e. The van der Waals surface area contributed by atoms with Crippen molar-refractivity contribution >= 4 is 5.91 Å². The van der Waals surface area contributed by atoms with Gasteiger partial charge in [-0.25, -0.2) is 4.98 Å². The van der Waals surface area contributed by atoms with Crippen molar-refractivity contribution in [3.63, 3.8) is 0 Å². The minimum atomic E-state index is -0.228. The molecule has 2 fully saturated rings. The van der Waals surface area contributed by atoms with E-state index in [0.29, 0.717) is 31.4 Å². The summed E-state index contributed by atoms with van der Waals surface area (Å²) in [6.45, 7) is 5.79. The lowest BCUT2D eigenvalue weighted by atomic mass is 10.1. The van der Waals surface area contributed by atoms with E-state index in [-0.39, 0.29) is 23.8 Å². The van der Waals surface area contributed by atoms with Crippen LogP contribution in [0.25, 0.3) is 0 Å². The number of morpholine rings is 1. The Labute approximate surface area is 146 Å². The van der Waals surface area contributed by atoms with E-state index in [2.05, 4.69) is 40.1 Å². The molecule has 1 aliphatic heterocycles. The normalized spacial score (nSPS) is 26.0. The van der Waals surface area contributed by atoms with Crippen LogP contribution in [0, 0.1) is 5.92 Å². The predicted octanol–water partition coefficient (Wildman–Crippen LogP) is 2.03. The van der Waals surface area contributed by atoms with Gasteiger partial charge in [0.2, 0.25) is 5.91 Å². The first-order valence-electron chi connectivity index (χ1n) is 8.86. The summed E-state index contributed by atoms with van der Waals surface area (Å²) < 4.78 is 5.81. The van der Waals surface area contributed by atoms with Gasteiger partial charge in [-0.3, -0.25) is 14.9 Å². The summed E-state index contributed by atoms with van der Waals surface area (Å²) in [4.78, 5) is 23.4.